The summed E-state index contributed by atoms with van der Waals surface area (Å²) < 4.78 is 5.07. The van der Waals surface area contributed by atoms with E-state index in [1.165, 1.54) is 0 Å². The lowest BCUT2D eigenvalue weighted by Crippen LogP contribution is -2.25. The molecule has 0 radical (unpaired) electrons. The quantitative estimate of drug-likeness (QED) is 0.728. The monoisotopic (exact) mass is 257 g/mol. The summed E-state index contributed by atoms with van der Waals surface area (Å²) in [5.41, 5.74) is 0.589. The van der Waals surface area contributed by atoms with Crippen molar-refractivity contribution in [3.63, 3.8) is 0 Å². The van der Waals surface area contributed by atoms with Crippen LogP contribution in [0.3, 0.4) is 0 Å². The number of aliphatic hydroxyl groups excluding tert-OH is 1. The van der Waals surface area contributed by atoms with Crippen molar-refractivity contribution in [2.24, 2.45) is 0 Å². The number of amides is 1. The molecule has 0 aliphatic rings. The number of hydrogen-bond acceptors (Lipinski definition) is 3. The summed E-state index contributed by atoms with van der Waals surface area (Å²) in [4.78, 5) is 11.6. The summed E-state index contributed by atoms with van der Waals surface area (Å²) >= 11 is 5.72. The Morgan fingerprint density at radius 3 is 2.65 bits per heavy atom. The van der Waals surface area contributed by atoms with Crippen LogP contribution in [0.25, 0.3) is 0 Å². The van der Waals surface area contributed by atoms with E-state index in [0.717, 1.165) is 6.42 Å². The van der Waals surface area contributed by atoms with Crippen LogP contribution in [0, 0.1) is 0 Å². The maximum atomic E-state index is 11.6. The average Bonchev–Trinajstić information content (AvgIpc) is 2.34. The third kappa shape index (κ3) is 5.68. The SMILES string of the molecule is O=C(NCCCOCCO)c1ccc(Cl)cc1. The number of halogens is 1. The number of nitrogens with one attached hydrogen (secondary N) is 1. The fourth-order valence-corrected chi connectivity index (χ4v) is 1.37. The summed E-state index contributed by atoms with van der Waals surface area (Å²) in [5, 5.41) is 11.9. The van der Waals surface area contributed by atoms with E-state index in [1.54, 1.807) is 24.3 Å². The summed E-state index contributed by atoms with van der Waals surface area (Å²) in [6.45, 7) is 1.44. The number of hydrogen-bond donors (Lipinski definition) is 2. The van der Waals surface area contributed by atoms with Gasteiger partial charge >= 0.3 is 0 Å². The van der Waals surface area contributed by atoms with Crippen molar-refractivity contribution >= 4 is 17.5 Å². The topological polar surface area (TPSA) is 58.6 Å². The third-order valence-electron chi connectivity index (χ3n) is 2.09. The Labute approximate surface area is 106 Å². The number of benzene rings is 1. The fraction of sp³-hybridized carbons (Fsp3) is 0.417. The Balaban J connectivity index is 2.19. The Bertz CT molecular complexity index is 340. The highest BCUT2D eigenvalue weighted by Gasteiger charge is 2.03. The van der Waals surface area contributed by atoms with E-state index < -0.39 is 0 Å². The Morgan fingerprint density at radius 2 is 2.00 bits per heavy atom. The van der Waals surface area contributed by atoms with Crippen LogP contribution in [0.1, 0.15) is 16.8 Å². The molecule has 0 heterocycles. The van der Waals surface area contributed by atoms with E-state index in [-0.39, 0.29) is 12.5 Å². The number of carbonyl (C=O) groups is 1. The molecule has 0 fully saturated rings. The van der Waals surface area contributed by atoms with Gasteiger partial charge in [0.2, 0.25) is 0 Å². The Hall–Kier alpha value is -1.10. The van der Waals surface area contributed by atoms with Crippen LogP contribution in [-0.4, -0.2) is 37.4 Å². The molecular weight excluding hydrogens is 242 g/mol. The van der Waals surface area contributed by atoms with Crippen LogP contribution >= 0.6 is 11.6 Å². The molecule has 0 aliphatic carbocycles. The molecule has 1 rings (SSSR count). The van der Waals surface area contributed by atoms with E-state index >= 15 is 0 Å². The largest absolute Gasteiger partial charge is 0.394 e. The van der Waals surface area contributed by atoms with Crippen LogP contribution in [0.4, 0.5) is 0 Å². The molecule has 0 atom stereocenters. The van der Waals surface area contributed by atoms with Gasteiger partial charge in [0.15, 0.2) is 0 Å². The third-order valence-corrected chi connectivity index (χ3v) is 2.35. The van der Waals surface area contributed by atoms with Gasteiger partial charge in [-0.25, -0.2) is 0 Å². The molecule has 17 heavy (non-hydrogen) atoms. The van der Waals surface area contributed by atoms with Gasteiger partial charge in [-0.15, -0.1) is 0 Å². The van der Waals surface area contributed by atoms with Crippen LogP contribution in [0.5, 0.6) is 0 Å². The van der Waals surface area contributed by atoms with Gasteiger partial charge < -0.3 is 15.2 Å². The zero-order valence-corrected chi connectivity index (χ0v) is 10.2. The molecule has 0 bridgehead atoms. The van der Waals surface area contributed by atoms with E-state index in [4.69, 9.17) is 21.4 Å². The van der Waals surface area contributed by atoms with Gasteiger partial charge in [-0.1, -0.05) is 11.6 Å². The minimum Gasteiger partial charge on any atom is -0.394 e. The van der Waals surface area contributed by atoms with Crippen molar-refractivity contribution in [3.8, 4) is 0 Å². The van der Waals surface area contributed by atoms with Gasteiger partial charge in [-0.05, 0) is 30.7 Å². The first-order valence-electron chi connectivity index (χ1n) is 5.46. The van der Waals surface area contributed by atoms with Crippen LogP contribution in [0.15, 0.2) is 24.3 Å². The van der Waals surface area contributed by atoms with E-state index in [0.29, 0.717) is 30.3 Å². The standard InChI is InChI=1S/C12H16ClNO3/c13-11-4-2-10(3-5-11)12(16)14-6-1-8-17-9-7-15/h2-5,15H,1,6-9H2,(H,14,16). The zero-order chi connectivity index (χ0) is 12.5. The van der Waals surface area contributed by atoms with Gasteiger partial charge in [-0.3, -0.25) is 4.79 Å². The van der Waals surface area contributed by atoms with Crippen molar-refractivity contribution in [1.29, 1.82) is 0 Å². The van der Waals surface area contributed by atoms with Crippen molar-refractivity contribution in [1.82, 2.24) is 5.32 Å². The minimum atomic E-state index is -0.121. The van der Waals surface area contributed by atoms with Crippen LogP contribution in [-0.2, 0) is 4.74 Å². The molecule has 1 aromatic rings. The fourth-order valence-electron chi connectivity index (χ4n) is 1.25. The molecule has 5 heteroatoms. The highest BCUT2D eigenvalue weighted by molar-refractivity contribution is 6.30. The highest BCUT2D eigenvalue weighted by Crippen LogP contribution is 2.09. The number of rotatable bonds is 7. The molecule has 0 aromatic heterocycles. The molecule has 1 amide bonds. The first-order valence-corrected chi connectivity index (χ1v) is 5.84. The molecule has 0 aliphatic heterocycles. The Kier molecular flexibility index (Phi) is 6.62. The second-order valence-electron chi connectivity index (χ2n) is 3.45. The lowest BCUT2D eigenvalue weighted by molar-refractivity contribution is 0.0867. The summed E-state index contributed by atoms with van der Waals surface area (Å²) in [7, 11) is 0. The van der Waals surface area contributed by atoms with E-state index in [1.807, 2.05) is 0 Å². The molecule has 1 aromatic carbocycles. The minimum absolute atomic E-state index is 0.0249. The molecule has 94 valence electrons. The molecule has 0 saturated heterocycles. The normalized spacial score (nSPS) is 10.2. The number of aliphatic hydroxyl groups is 1. The van der Waals surface area contributed by atoms with Gasteiger partial charge in [0.25, 0.3) is 5.91 Å². The summed E-state index contributed by atoms with van der Waals surface area (Å²) in [5.74, 6) is -0.121. The van der Waals surface area contributed by atoms with Crippen molar-refractivity contribution in [3.05, 3.63) is 34.9 Å². The maximum absolute atomic E-state index is 11.6. The summed E-state index contributed by atoms with van der Waals surface area (Å²) in [6.07, 6.45) is 0.722. The molecular formula is C12H16ClNO3. The highest BCUT2D eigenvalue weighted by atomic mass is 35.5. The lowest BCUT2D eigenvalue weighted by atomic mass is 10.2. The zero-order valence-electron chi connectivity index (χ0n) is 9.49. The second-order valence-corrected chi connectivity index (χ2v) is 3.89. The average molecular weight is 258 g/mol. The van der Waals surface area contributed by atoms with Crippen LogP contribution in [0.2, 0.25) is 5.02 Å². The Morgan fingerprint density at radius 1 is 1.29 bits per heavy atom. The van der Waals surface area contributed by atoms with Crippen molar-refractivity contribution in [2.75, 3.05) is 26.4 Å². The van der Waals surface area contributed by atoms with E-state index in [9.17, 15) is 4.79 Å². The smallest absolute Gasteiger partial charge is 0.251 e. The molecule has 4 nitrogen and oxygen atoms in total. The molecule has 2 N–H and O–H groups in total. The van der Waals surface area contributed by atoms with Gasteiger partial charge in [0.1, 0.15) is 0 Å². The maximum Gasteiger partial charge on any atom is 0.251 e. The predicted octanol–water partition coefficient (Wildman–Crippen LogP) is 1.47. The first-order chi connectivity index (χ1) is 8.24. The number of ether oxygens (including phenoxy) is 1. The van der Waals surface area contributed by atoms with Gasteiger partial charge in [0, 0.05) is 23.7 Å². The summed E-state index contributed by atoms with van der Waals surface area (Å²) in [6, 6.07) is 6.72. The van der Waals surface area contributed by atoms with E-state index in [2.05, 4.69) is 5.32 Å². The molecule has 0 unspecified atom stereocenters. The number of carbonyl (C=O) groups excluding carboxylic acids is 1. The molecule has 0 spiro atoms. The van der Waals surface area contributed by atoms with Crippen molar-refractivity contribution in [2.45, 2.75) is 6.42 Å². The molecule has 0 saturated carbocycles. The van der Waals surface area contributed by atoms with Gasteiger partial charge in [0.05, 0.1) is 13.2 Å². The first kappa shape index (κ1) is 14.0. The lowest BCUT2D eigenvalue weighted by Gasteiger charge is -2.05. The van der Waals surface area contributed by atoms with Crippen molar-refractivity contribution < 1.29 is 14.6 Å². The van der Waals surface area contributed by atoms with Crippen LogP contribution < -0.4 is 5.32 Å². The second kappa shape index (κ2) is 8.06. The van der Waals surface area contributed by atoms with Gasteiger partial charge in [-0.2, -0.15) is 0 Å². The predicted molar refractivity (Wildman–Crippen MR) is 66.3 cm³/mol.